The van der Waals surface area contributed by atoms with Gasteiger partial charge in [0.15, 0.2) is 11.6 Å². The molecule has 0 saturated carbocycles. The van der Waals surface area contributed by atoms with Crippen LogP contribution in [0.25, 0.3) is 0 Å². The van der Waals surface area contributed by atoms with Gasteiger partial charge in [0.1, 0.15) is 0 Å². The molecule has 1 amide bonds. The molecule has 1 heterocycles. The van der Waals surface area contributed by atoms with Crippen LogP contribution >= 0.6 is 11.3 Å². The van der Waals surface area contributed by atoms with E-state index in [1.807, 2.05) is 17.5 Å². The minimum Gasteiger partial charge on any atom is -0.481 e. The number of carbonyl (C=O) groups is 2. The number of rotatable bonds is 8. The number of nitrogens with zero attached hydrogens (tertiary/aromatic N) is 1. The number of hydrogen-bond acceptors (Lipinski definition) is 3. The van der Waals surface area contributed by atoms with Crippen LogP contribution < -0.4 is 0 Å². The third-order valence-electron chi connectivity index (χ3n) is 3.47. The average molecular weight is 353 g/mol. The van der Waals surface area contributed by atoms with Gasteiger partial charge in [-0.05, 0) is 35.6 Å². The maximum Gasteiger partial charge on any atom is 0.305 e. The Hall–Kier alpha value is -2.28. The van der Waals surface area contributed by atoms with Crippen molar-refractivity contribution in [1.29, 1.82) is 0 Å². The second kappa shape index (κ2) is 8.54. The van der Waals surface area contributed by atoms with Crippen molar-refractivity contribution in [3.63, 3.8) is 0 Å². The number of hydrogen-bond donors (Lipinski definition) is 1. The summed E-state index contributed by atoms with van der Waals surface area (Å²) >= 11 is 1.55. The molecule has 24 heavy (non-hydrogen) atoms. The number of carboxylic acids is 1. The SMILES string of the molecule is O=C(O)CCN(Cc1ccc(F)c(F)c1)C(=O)CCc1cccs1. The zero-order valence-electron chi connectivity index (χ0n) is 12.9. The number of aliphatic carboxylic acids is 1. The lowest BCUT2D eigenvalue weighted by Crippen LogP contribution is -2.32. The second-order valence-corrected chi connectivity index (χ2v) is 6.32. The van der Waals surface area contributed by atoms with E-state index in [9.17, 15) is 18.4 Å². The van der Waals surface area contributed by atoms with Gasteiger partial charge in [-0.2, -0.15) is 0 Å². The van der Waals surface area contributed by atoms with Gasteiger partial charge in [-0.3, -0.25) is 9.59 Å². The molecule has 2 rings (SSSR count). The summed E-state index contributed by atoms with van der Waals surface area (Å²) in [7, 11) is 0. The van der Waals surface area contributed by atoms with Crippen LogP contribution in [-0.4, -0.2) is 28.4 Å². The Kier molecular flexibility index (Phi) is 6.43. The van der Waals surface area contributed by atoms with E-state index in [1.54, 1.807) is 11.3 Å². The molecule has 0 aliphatic heterocycles. The average Bonchev–Trinajstić information content (AvgIpc) is 3.05. The summed E-state index contributed by atoms with van der Waals surface area (Å²) in [5.74, 6) is -3.18. The van der Waals surface area contributed by atoms with Crippen LogP contribution in [0.3, 0.4) is 0 Å². The van der Waals surface area contributed by atoms with E-state index in [0.717, 1.165) is 17.0 Å². The number of carboxylic acid groups (broad SMARTS) is 1. The van der Waals surface area contributed by atoms with E-state index < -0.39 is 17.6 Å². The molecule has 0 fully saturated rings. The van der Waals surface area contributed by atoms with Crippen LogP contribution in [0.4, 0.5) is 8.78 Å². The number of amides is 1. The van der Waals surface area contributed by atoms with Crippen molar-refractivity contribution in [2.45, 2.75) is 25.8 Å². The first-order chi connectivity index (χ1) is 11.5. The number of benzene rings is 1. The summed E-state index contributed by atoms with van der Waals surface area (Å²) in [5.41, 5.74) is 0.420. The summed E-state index contributed by atoms with van der Waals surface area (Å²) in [5, 5.41) is 10.7. The Morgan fingerprint density at radius 1 is 1.12 bits per heavy atom. The largest absolute Gasteiger partial charge is 0.481 e. The van der Waals surface area contributed by atoms with E-state index in [0.29, 0.717) is 12.0 Å². The fourth-order valence-corrected chi connectivity index (χ4v) is 2.93. The predicted molar refractivity (Wildman–Crippen MR) is 86.7 cm³/mol. The second-order valence-electron chi connectivity index (χ2n) is 5.29. The maximum absolute atomic E-state index is 13.3. The van der Waals surface area contributed by atoms with Crippen LogP contribution in [0, 0.1) is 11.6 Å². The maximum atomic E-state index is 13.3. The lowest BCUT2D eigenvalue weighted by molar-refractivity contribution is -0.138. The first-order valence-electron chi connectivity index (χ1n) is 7.41. The van der Waals surface area contributed by atoms with Gasteiger partial charge in [0.25, 0.3) is 0 Å². The molecular weight excluding hydrogens is 336 g/mol. The number of halogens is 2. The van der Waals surface area contributed by atoms with Crippen LogP contribution in [0.1, 0.15) is 23.3 Å². The third-order valence-corrected chi connectivity index (χ3v) is 4.41. The van der Waals surface area contributed by atoms with E-state index in [1.165, 1.54) is 11.0 Å². The van der Waals surface area contributed by atoms with Crippen molar-refractivity contribution in [3.05, 3.63) is 57.8 Å². The van der Waals surface area contributed by atoms with Gasteiger partial charge in [-0.25, -0.2) is 8.78 Å². The Morgan fingerprint density at radius 2 is 1.92 bits per heavy atom. The van der Waals surface area contributed by atoms with E-state index in [-0.39, 0.29) is 31.8 Å². The van der Waals surface area contributed by atoms with Gasteiger partial charge >= 0.3 is 5.97 Å². The van der Waals surface area contributed by atoms with Crippen molar-refractivity contribution in [2.75, 3.05) is 6.54 Å². The topological polar surface area (TPSA) is 57.6 Å². The highest BCUT2D eigenvalue weighted by atomic mass is 32.1. The summed E-state index contributed by atoms with van der Waals surface area (Å²) in [6.07, 6.45) is 0.607. The molecule has 0 aliphatic carbocycles. The number of thiophene rings is 1. The van der Waals surface area contributed by atoms with Gasteiger partial charge < -0.3 is 10.0 Å². The van der Waals surface area contributed by atoms with Crippen LogP contribution in [0.5, 0.6) is 0 Å². The Balaban J connectivity index is 2.03. The summed E-state index contributed by atoms with van der Waals surface area (Å²) in [6, 6.07) is 7.23. The highest BCUT2D eigenvalue weighted by molar-refractivity contribution is 7.09. The van der Waals surface area contributed by atoms with Crippen molar-refractivity contribution in [1.82, 2.24) is 4.90 Å². The Morgan fingerprint density at radius 3 is 2.54 bits per heavy atom. The van der Waals surface area contributed by atoms with Crippen molar-refractivity contribution >= 4 is 23.2 Å². The highest BCUT2D eigenvalue weighted by Gasteiger charge is 2.16. The molecule has 0 saturated heterocycles. The minimum absolute atomic E-state index is 0.0254. The normalized spacial score (nSPS) is 10.6. The molecule has 1 N–H and O–H groups in total. The van der Waals surface area contributed by atoms with Crippen molar-refractivity contribution in [3.8, 4) is 0 Å². The van der Waals surface area contributed by atoms with Crippen LogP contribution in [-0.2, 0) is 22.6 Å². The third kappa shape index (κ3) is 5.42. The fourth-order valence-electron chi connectivity index (χ4n) is 2.22. The minimum atomic E-state index is -1.02. The standard InChI is InChI=1S/C17H17F2NO3S/c18-14-5-3-12(10-15(14)19)11-20(8-7-17(22)23)16(21)6-4-13-2-1-9-24-13/h1-3,5,9-10H,4,6-8,11H2,(H,22,23). The molecule has 0 radical (unpaired) electrons. The summed E-state index contributed by atoms with van der Waals surface area (Å²) in [4.78, 5) is 25.6. The first kappa shape index (κ1) is 18.1. The van der Waals surface area contributed by atoms with Crippen LogP contribution in [0.2, 0.25) is 0 Å². The molecule has 4 nitrogen and oxygen atoms in total. The molecule has 1 aromatic heterocycles. The molecule has 0 spiro atoms. The molecule has 2 aromatic rings. The lowest BCUT2D eigenvalue weighted by Gasteiger charge is -2.22. The monoisotopic (exact) mass is 353 g/mol. The zero-order valence-corrected chi connectivity index (χ0v) is 13.7. The number of aryl methyl sites for hydroxylation is 1. The van der Waals surface area contributed by atoms with E-state index >= 15 is 0 Å². The van der Waals surface area contributed by atoms with Gasteiger partial charge in [0.05, 0.1) is 6.42 Å². The molecule has 0 bridgehead atoms. The van der Waals surface area contributed by atoms with E-state index in [2.05, 4.69) is 0 Å². The van der Waals surface area contributed by atoms with Crippen molar-refractivity contribution < 1.29 is 23.5 Å². The Labute approximate surface area is 142 Å². The number of carbonyl (C=O) groups excluding carboxylic acids is 1. The lowest BCUT2D eigenvalue weighted by atomic mass is 10.1. The van der Waals surface area contributed by atoms with E-state index in [4.69, 9.17) is 5.11 Å². The summed E-state index contributed by atoms with van der Waals surface area (Å²) in [6.45, 7) is 0.0748. The van der Waals surface area contributed by atoms with Gasteiger partial charge in [0.2, 0.25) is 5.91 Å². The van der Waals surface area contributed by atoms with Gasteiger partial charge in [-0.1, -0.05) is 12.1 Å². The van der Waals surface area contributed by atoms with Gasteiger partial charge in [-0.15, -0.1) is 11.3 Å². The van der Waals surface area contributed by atoms with Crippen molar-refractivity contribution in [2.24, 2.45) is 0 Å². The van der Waals surface area contributed by atoms with Gasteiger partial charge in [0, 0.05) is 24.4 Å². The molecule has 128 valence electrons. The molecular formula is C17H17F2NO3S. The fraction of sp³-hybridized carbons (Fsp3) is 0.294. The molecule has 7 heteroatoms. The molecule has 1 aromatic carbocycles. The smallest absolute Gasteiger partial charge is 0.305 e. The first-order valence-corrected chi connectivity index (χ1v) is 8.29. The Bertz CT molecular complexity index is 704. The van der Waals surface area contributed by atoms with Crippen LogP contribution in [0.15, 0.2) is 35.7 Å². The zero-order chi connectivity index (χ0) is 17.5. The predicted octanol–water partition coefficient (Wildman–Crippen LogP) is 3.46. The molecule has 0 aliphatic rings. The summed E-state index contributed by atoms with van der Waals surface area (Å²) < 4.78 is 26.3. The highest BCUT2D eigenvalue weighted by Crippen LogP contribution is 2.15. The molecule has 0 atom stereocenters. The molecule has 0 unspecified atom stereocenters. The quantitative estimate of drug-likeness (QED) is 0.791.